The Bertz CT molecular complexity index is 1190. The summed E-state index contributed by atoms with van der Waals surface area (Å²) in [6.07, 6.45) is 3.08. The van der Waals surface area contributed by atoms with Gasteiger partial charge in [0.1, 0.15) is 5.82 Å². The van der Waals surface area contributed by atoms with E-state index < -0.39 is 27.8 Å². The molecule has 1 N–H and O–H groups in total. The van der Waals surface area contributed by atoms with Crippen molar-refractivity contribution in [3.05, 3.63) is 59.8 Å². The van der Waals surface area contributed by atoms with Gasteiger partial charge in [-0.1, -0.05) is 19.4 Å². The van der Waals surface area contributed by atoms with Crippen LogP contribution in [0.1, 0.15) is 55.8 Å². The van der Waals surface area contributed by atoms with E-state index in [2.05, 4.69) is 15.5 Å². The highest BCUT2D eigenvalue weighted by molar-refractivity contribution is 7.89. The van der Waals surface area contributed by atoms with Gasteiger partial charge >= 0.3 is 0 Å². The van der Waals surface area contributed by atoms with Crippen LogP contribution in [0.2, 0.25) is 0 Å². The van der Waals surface area contributed by atoms with Crippen LogP contribution >= 0.6 is 0 Å². The molecular formula is C21H26FN5O3S. The highest BCUT2D eigenvalue weighted by Gasteiger charge is 2.27. The number of hydrogen-bond donors (Lipinski definition) is 1. The molecule has 3 aromatic rings. The number of pyridine rings is 1. The number of halogens is 1. The summed E-state index contributed by atoms with van der Waals surface area (Å²) in [6.45, 7) is 5.41. The van der Waals surface area contributed by atoms with Crippen LogP contribution in [0, 0.1) is 5.82 Å². The predicted octanol–water partition coefficient (Wildman–Crippen LogP) is 3.17. The van der Waals surface area contributed by atoms with Crippen LogP contribution in [-0.4, -0.2) is 46.3 Å². The van der Waals surface area contributed by atoms with E-state index in [4.69, 9.17) is 0 Å². The Balaban J connectivity index is 1.94. The van der Waals surface area contributed by atoms with Gasteiger partial charge < -0.3 is 5.32 Å². The number of sulfonamides is 1. The van der Waals surface area contributed by atoms with Crippen molar-refractivity contribution in [2.75, 3.05) is 7.05 Å². The molecule has 0 radical (unpaired) electrons. The van der Waals surface area contributed by atoms with E-state index in [9.17, 15) is 17.6 Å². The quantitative estimate of drug-likeness (QED) is 0.572. The summed E-state index contributed by atoms with van der Waals surface area (Å²) in [4.78, 5) is 12.8. The first kappa shape index (κ1) is 22.8. The number of nitrogens with zero attached hydrogens (tertiary/aromatic N) is 4. The van der Waals surface area contributed by atoms with Gasteiger partial charge in [0.25, 0.3) is 5.91 Å². The molecule has 31 heavy (non-hydrogen) atoms. The molecule has 0 fully saturated rings. The summed E-state index contributed by atoms with van der Waals surface area (Å²) < 4.78 is 43.0. The number of hydrogen-bond acceptors (Lipinski definition) is 5. The smallest absolute Gasteiger partial charge is 0.254 e. The molecule has 0 saturated heterocycles. The molecule has 1 aromatic carbocycles. The van der Waals surface area contributed by atoms with E-state index in [1.807, 2.05) is 19.1 Å². The molecule has 3 rings (SSSR count). The molecule has 0 aliphatic heterocycles. The van der Waals surface area contributed by atoms with Crippen molar-refractivity contribution in [1.82, 2.24) is 24.2 Å². The van der Waals surface area contributed by atoms with Gasteiger partial charge in [0, 0.05) is 19.3 Å². The van der Waals surface area contributed by atoms with Crippen molar-refractivity contribution < 1.29 is 17.6 Å². The summed E-state index contributed by atoms with van der Waals surface area (Å²) in [5.41, 5.74) is 0.289. The van der Waals surface area contributed by atoms with Gasteiger partial charge in [-0.25, -0.2) is 12.8 Å². The normalized spacial score (nSPS) is 13.1. The molecular weight excluding hydrogens is 421 g/mol. The molecule has 0 saturated carbocycles. The third-order valence-corrected chi connectivity index (χ3v) is 7.15. The summed E-state index contributed by atoms with van der Waals surface area (Å²) in [5.74, 6) is -0.993. The average molecular weight is 448 g/mol. The molecule has 0 bridgehead atoms. The predicted molar refractivity (Wildman–Crippen MR) is 115 cm³/mol. The summed E-state index contributed by atoms with van der Waals surface area (Å²) in [5, 5.41) is 11.1. The fourth-order valence-corrected chi connectivity index (χ4v) is 4.57. The van der Waals surface area contributed by atoms with Crippen molar-refractivity contribution in [3.8, 4) is 0 Å². The number of carbonyl (C=O) groups is 1. The molecule has 1 atom stereocenters. The second kappa shape index (κ2) is 9.11. The van der Waals surface area contributed by atoms with Crippen LogP contribution < -0.4 is 5.32 Å². The first-order chi connectivity index (χ1) is 14.7. The first-order valence-corrected chi connectivity index (χ1v) is 11.5. The van der Waals surface area contributed by atoms with E-state index in [1.54, 1.807) is 30.5 Å². The van der Waals surface area contributed by atoms with Crippen LogP contribution in [0.4, 0.5) is 4.39 Å². The number of aromatic nitrogens is 3. The number of fused-ring (bicyclic) bond motifs is 1. The van der Waals surface area contributed by atoms with Crippen molar-refractivity contribution in [1.29, 1.82) is 0 Å². The van der Waals surface area contributed by atoms with Gasteiger partial charge in [-0.15, -0.1) is 10.2 Å². The van der Waals surface area contributed by atoms with Gasteiger partial charge in [-0.05, 0) is 50.6 Å². The lowest BCUT2D eigenvalue weighted by molar-refractivity contribution is 0.0928. The fraction of sp³-hybridized carbons (Fsp3) is 0.381. The highest BCUT2D eigenvalue weighted by atomic mass is 32.2. The summed E-state index contributed by atoms with van der Waals surface area (Å²) in [6, 6.07) is 7.87. The fourth-order valence-electron chi connectivity index (χ4n) is 3.17. The van der Waals surface area contributed by atoms with Crippen molar-refractivity contribution >= 4 is 21.6 Å². The minimum atomic E-state index is -3.86. The highest BCUT2D eigenvalue weighted by Crippen LogP contribution is 2.22. The van der Waals surface area contributed by atoms with Crippen LogP contribution in [-0.2, 0) is 10.0 Å². The van der Waals surface area contributed by atoms with Crippen molar-refractivity contribution in [2.45, 2.75) is 50.6 Å². The van der Waals surface area contributed by atoms with E-state index >= 15 is 0 Å². The minimum absolute atomic E-state index is 0.143. The third kappa shape index (κ3) is 4.59. The van der Waals surface area contributed by atoms with Gasteiger partial charge in [-0.3, -0.25) is 9.20 Å². The Morgan fingerprint density at radius 3 is 2.65 bits per heavy atom. The number of amides is 1. The van der Waals surface area contributed by atoms with Gasteiger partial charge in [-0.2, -0.15) is 4.31 Å². The number of carbonyl (C=O) groups excluding carboxylic acids is 1. The summed E-state index contributed by atoms with van der Waals surface area (Å²) in [7, 11) is -2.42. The SMILES string of the molecule is CCCC(NC(=O)c1cc(S(=O)(=O)N(C)C(C)C)ccc1F)c1nnc2ccccn12. The maximum absolute atomic E-state index is 14.5. The van der Waals surface area contributed by atoms with Crippen LogP contribution in [0.5, 0.6) is 0 Å². The Hall–Kier alpha value is -2.85. The Morgan fingerprint density at radius 1 is 1.23 bits per heavy atom. The third-order valence-electron chi connectivity index (χ3n) is 5.12. The zero-order valence-electron chi connectivity index (χ0n) is 17.9. The molecule has 2 heterocycles. The average Bonchev–Trinajstić information content (AvgIpc) is 3.17. The number of benzene rings is 1. The first-order valence-electron chi connectivity index (χ1n) is 10.0. The Labute approximate surface area is 181 Å². The standard InChI is InChI=1S/C21H26FN5O3S/c1-5-8-18(20-25-24-19-9-6-7-12-27(19)20)23-21(28)16-13-15(10-11-17(16)22)31(29,30)26(4)14(2)3/h6-7,9-14,18H,5,8H2,1-4H3,(H,23,28). The topological polar surface area (TPSA) is 96.7 Å². The minimum Gasteiger partial charge on any atom is -0.342 e. The molecule has 8 nitrogen and oxygen atoms in total. The monoisotopic (exact) mass is 447 g/mol. The molecule has 2 aromatic heterocycles. The van der Waals surface area contributed by atoms with Crippen molar-refractivity contribution in [2.24, 2.45) is 0 Å². The van der Waals surface area contributed by atoms with Crippen LogP contribution in [0.3, 0.4) is 0 Å². The lowest BCUT2D eigenvalue weighted by Gasteiger charge is -2.21. The molecule has 1 amide bonds. The number of nitrogens with one attached hydrogen (secondary N) is 1. The van der Waals surface area contributed by atoms with E-state index in [0.29, 0.717) is 17.9 Å². The van der Waals surface area contributed by atoms with Crippen molar-refractivity contribution in [3.63, 3.8) is 0 Å². The zero-order valence-corrected chi connectivity index (χ0v) is 18.7. The van der Waals surface area contributed by atoms with E-state index in [1.165, 1.54) is 11.4 Å². The molecule has 166 valence electrons. The molecule has 0 spiro atoms. The zero-order chi connectivity index (χ0) is 22.8. The molecule has 0 aliphatic carbocycles. The van der Waals surface area contributed by atoms with Gasteiger partial charge in [0.2, 0.25) is 10.0 Å². The second-order valence-electron chi connectivity index (χ2n) is 7.56. The molecule has 0 aliphatic rings. The van der Waals surface area contributed by atoms with E-state index in [-0.39, 0.29) is 16.5 Å². The summed E-state index contributed by atoms with van der Waals surface area (Å²) >= 11 is 0. The lowest BCUT2D eigenvalue weighted by Crippen LogP contribution is -2.34. The van der Waals surface area contributed by atoms with Gasteiger partial charge in [0.05, 0.1) is 16.5 Å². The van der Waals surface area contributed by atoms with Crippen LogP contribution in [0.15, 0.2) is 47.5 Å². The Morgan fingerprint density at radius 2 is 1.97 bits per heavy atom. The maximum atomic E-state index is 14.5. The largest absolute Gasteiger partial charge is 0.342 e. The molecule has 10 heteroatoms. The second-order valence-corrected chi connectivity index (χ2v) is 9.56. The lowest BCUT2D eigenvalue weighted by atomic mass is 10.1. The van der Waals surface area contributed by atoms with Crippen LogP contribution in [0.25, 0.3) is 5.65 Å². The maximum Gasteiger partial charge on any atom is 0.254 e. The molecule has 1 unspecified atom stereocenters. The van der Waals surface area contributed by atoms with Gasteiger partial charge in [0.15, 0.2) is 11.5 Å². The van der Waals surface area contributed by atoms with E-state index in [0.717, 1.165) is 24.6 Å². The number of rotatable bonds is 8. The Kier molecular flexibility index (Phi) is 6.71.